The second-order valence-corrected chi connectivity index (χ2v) is 3.57. The predicted octanol–water partition coefficient (Wildman–Crippen LogP) is 2.04. The number of furan rings is 1. The Kier molecular flexibility index (Phi) is 2.25. The summed E-state index contributed by atoms with van der Waals surface area (Å²) in [5.74, 6) is 0.584. The predicted molar refractivity (Wildman–Crippen MR) is 63.5 cm³/mol. The van der Waals surface area contributed by atoms with Crippen molar-refractivity contribution in [1.29, 1.82) is 0 Å². The van der Waals surface area contributed by atoms with Crippen LogP contribution < -0.4 is 5.32 Å². The van der Waals surface area contributed by atoms with Crippen LogP contribution in [0.5, 0.6) is 0 Å². The normalized spacial score (nSPS) is 10.9. The van der Waals surface area contributed by atoms with Crippen molar-refractivity contribution in [3.8, 4) is 11.3 Å². The van der Waals surface area contributed by atoms with Crippen LogP contribution in [-0.2, 0) is 0 Å². The zero-order chi connectivity index (χ0) is 11.7. The Bertz CT molecular complexity index is 628. The van der Waals surface area contributed by atoms with Gasteiger partial charge in [-0.25, -0.2) is 4.98 Å². The highest BCUT2D eigenvalue weighted by atomic mass is 16.3. The largest absolute Gasteiger partial charge is 0.472 e. The van der Waals surface area contributed by atoms with Crippen LogP contribution in [0, 0.1) is 0 Å². The van der Waals surface area contributed by atoms with E-state index in [1.807, 2.05) is 13.0 Å². The molecule has 0 amide bonds. The molecule has 3 rings (SSSR count). The number of rotatable bonds is 3. The molecule has 3 aromatic heterocycles. The van der Waals surface area contributed by atoms with E-state index in [0.717, 1.165) is 23.2 Å². The van der Waals surface area contributed by atoms with E-state index < -0.39 is 0 Å². The summed E-state index contributed by atoms with van der Waals surface area (Å²) < 4.78 is 5.08. The van der Waals surface area contributed by atoms with Crippen LogP contribution in [0.1, 0.15) is 6.92 Å². The first kappa shape index (κ1) is 9.83. The number of nitrogens with one attached hydrogen (secondary N) is 2. The Labute approximate surface area is 97.1 Å². The van der Waals surface area contributed by atoms with Crippen molar-refractivity contribution in [2.24, 2.45) is 0 Å². The number of aromatic nitrogens is 4. The van der Waals surface area contributed by atoms with Crippen LogP contribution in [0.15, 0.2) is 29.2 Å². The Morgan fingerprint density at radius 2 is 2.35 bits per heavy atom. The number of aromatic amines is 1. The minimum Gasteiger partial charge on any atom is -0.472 e. The molecule has 17 heavy (non-hydrogen) atoms. The lowest BCUT2D eigenvalue weighted by atomic mass is 10.2. The first-order valence-electron chi connectivity index (χ1n) is 5.36. The van der Waals surface area contributed by atoms with E-state index in [9.17, 15) is 0 Å². The molecule has 6 nitrogen and oxygen atoms in total. The summed E-state index contributed by atoms with van der Waals surface area (Å²) in [7, 11) is 0. The second kappa shape index (κ2) is 3.89. The molecule has 0 radical (unpaired) electrons. The van der Waals surface area contributed by atoms with Crippen molar-refractivity contribution < 1.29 is 4.42 Å². The Balaban J connectivity index is 2.23. The van der Waals surface area contributed by atoms with Crippen molar-refractivity contribution in [2.45, 2.75) is 6.92 Å². The molecule has 0 saturated carbocycles. The van der Waals surface area contributed by atoms with Gasteiger partial charge in [-0.1, -0.05) is 0 Å². The van der Waals surface area contributed by atoms with E-state index >= 15 is 0 Å². The molecule has 0 atom stereocenters. The molecule has 0 aliphatic heterocycles. The quantitative estimate of drug-likeness (QED) is 0.718. The number of nitrogens with zero attached hydrogens (tertiary/aromatic N) is 3. The molecule has 2 N–H and O–H groups in total. The maximum absolute atomic E-state index is 5.08. The first-order chi connectivity index (χ1) is 8.38. The van der Waals surface area contributed by atoms with Gasteiger partial charge in [-0.05, 0) is 13.0 Å². The maximum Gasteiger partial charge on any atom is 0.225 e. The van der Waals surface area contributed by atoms with Gasteiger partial charge in [-0.3, -0.25) is 5.10 Å². The zero-order valence-corrected chi connectivity index (χ0v) is 9.27. The van der Waals surface area contributed by atoms with Crippen LogP contribution in [0.2, 0.25) is 0 Å². The number of hydrogen-bond donors (Lipinski definition) is 2. The molecule has 0 unspecified atom stereocenters. The molecule has 0 fully saturated rings. The fourth-order valence-corrected chi connectivity index (χ4v) is 1.69. The average Bonchev–Trinajstić information content (AvgIpc) is 2.99. The zero-order valence-electron chi connectivity index (χ0n) is 9.27. The lowest BCUT2D eigenvalue weighted by molar-refractivity contribution is 0.568. The summed E-state index contributed by atoms with van der Waals surface area (Å²) in [5.41, 5.74) is 2.44. The van der Waals surface area contributed by atoms with Gasteiger partial charge < -0.3 is 9.73 Å². The number of hydrogen-bond acceptors (Lipinski definition) is 5. The van der Waals surface area contributed by atoms with Crippen LogP contribution >= 0.6 is 0 Å². The molecule has 86 valence electrons. The fourth-order valence-electron chi connectivity index (χ4n) is 1.69. The average molecular weight is 229 g/mol. The first-order valence-corrected chi connectivity index (χ1v) is 5.36. The molecule has 0 aliphatic rings. The molecule has 3 heterocycles. The molecule has 0 saturated heterocycles. The third-order valence-electron chi connectivity index (χ3n) is 2.44. The summed E-state index contributed by atoms with van der Waals surface area (Å²) in [4.78, 5) is 8.79. The molecule has 0 spiro atoms. The van der Waals surface area contributed by atoms with Crippen LogP contribution in [0.4, 0.5) is 5.95 Å². The number of anilines is 1. The minimum atomic E-state index is 0.584. The topological polar surface area (TPSA) is 79.6 Å². The van der Waals surface area contributed by atoms with Gasteiger partial charge in [0.1, 0.15) is 0 Å². The lowest BCUT2D eigenvalue weighted by Crippen LogP contribution is -2.03. The smallest absolute Gasteiger partial charge is 0.225 e. The van der Waals surface area contributed by atoms with Gasteiger partial charge in [-0.15, -0.1) is 0 Å². The van der Waals surface area contributed by atoms with Gasteiger partial charge in [0, 0.05) is 12.1 Å². The molecular weight excluding hydrogens is 218 g/mol. The Hall–Kier alpha value is -2.37. The van der Waals surface area contributed by atoms with E-state index in [-0.39, 0.29) is 0 Å². The van der Waals surface area contributed by atoms with Crippen molar-refractivity contribution >= 4 is 17.0 Å². The van der Waals surface area contributed by atoms with E-state index in [4.69, 9.17) is 4.42 Å². The van der Waals surface area contributed by atoms with Gasteiger partial charge in [0.05, 0.1) is 29.8 Å². The van der Waals surface area contributed by atoms with Crippen LogP contribution in [-0.4, -0.2) is 26.7 Å². The van der Waals surface area contributed by atoms with Gasteiger partial charge in [0.25, 0.3) is 0 Å². The summed E-state index contributed by atoms with van der Waals surface area (Å²) >= 11 is 0. The number of H-pyrrole nitrogens is 1. The van der Waals surface area contributed by atoms with E-state index in [0.29, 0.717) is 11.6 Å². The SMILES string of the molecule is CCNc1nc(-c2ccoc2)c2cn[nH]c2n1. The number of fused-ring (bicyclic) bond motifs is 1. The summed E-state index contributed by atoms with van der Waals surface area (Å²) in [5, 5.41) is 10.8. The van der Waals surface area contributed by atoms with Crippen LogP contribution in [0.25, 0.3) is 22.3 Å². The second-order valence-electron chi connectivity index (χ2n) is 3.57. The maximum atomic E-state index is 5.08. The van der Waals surface area contributed by atoms with E-state index in [2.05, 4.69) is 25.5 Å². The van der Waals surface area contributed by atoms with E-state index in [1.165, 1.54) is 0 Å². The fraction of sp³-hybridized carbons (Fsp3) is 0.182. The molecule has 3 aromatic rings. The van der Waals surface area contributed by atoms with Gasteiger partial charge >= 0.3 is 0 Å². The highest BCUT2D eigenvalue weighted by molar-refractivity contribution is 5.90. The summed E-state index contributed by atoms with van der Waals surface area (Å²) in [6.45, 7) is 2.77. The van der Waals surface area contributed by atoms with E-state index in [1.54, 1.807) is 18.7 Å². The minimum absolute atomic E-state index is 0.584. The standard InChI is InChI=1S/C11H11N5O/c1-2-12-11-14-9(7-3-4-17-6-7)8-5-13-16-10(8)15-11/h3-6H,2H2,1H3,(H2,12,13,14,15,16). The molecule has 0 aliphatic carbocycles. The third kappa shape index (κ3) is 1.63. The van der Waals surface area contributed by atoms with Gasteiger partial charge in [-0.2, -0.15) is 10.1 Å². The molecular formula is C11H11N5O. The van der Waals surface area contributed by atoms with Crippen molar-refractivity contribution in [3.63, 3.8) is 0 Å². The van der Waals surface area contributed by atoms with Crippen molar-refractivity contribution in [2.75, 3.05) is 11.9 Å². The Morgan fingerprint density at radius 1 is 1.41 bits per heavy atom. The Morgan fingerprint density at radius 3 is 3.12 bits per heavy atom. The molecule has 0 bridgehead atoms. The van der Waals surface area contributed by atoms with Crippen molar-refractivity contribution in [1.82, 2.24) is 20.2 Å². The third-order valence-corrected chi connectivity index (χ3v) is 2.44. The molecule has 6 heteroatoms. The van der Waals surface area contributed by atoms with Crippen molar-refractivity contribution in [3.05, 3.63) is 24.8 Å². The summed E-state index contributed by atoms with van der Waals surface area (Å²) in [6.07, 6.45) is 4.99. The van der Waals surface area contributed by atoms with Gasteiger partial charge in [0.2, 0.25) is 5.95 Å². The lowest BCUT2D eigenvalue weighted by Gasteiger charge is -2.04. The summed E-state index contributed by atoms with van der Waals surface area (Å²) in [6, 6.07) is 1.87. The highest BCUT2D eigenvalue weighted by Crippen LogP contribution is 2.26. The van der Waals surface area contributed by atoms with Crippen LogP contribution in [0.3, 0.4) is 0 Å². The molecule has 0 aromatic carbocycles. The highest BCUT2D eigenvalue weighted by Gasteiger charge is 2.11. The van der Waals surface area contributed by atoms with Gasteiger partial charge in [0.15, 0.2) is 5.65 Å². The monoisotopic (exact) mass is 229 g/mol.